The zero-order valence-electron chi connectivity index (χ0n) is 14.9. The number of anilines is 3. The largest absolute Gasteiger partial charge is 0.368 e. The van der Waals surface area contributed by atoms with E-state index in [0.717, 1.165) is 23.7 Å². The highest BCUT2D eigenvalue weighted by Gasteiger charge is 2.03. The van der Waals surface area contributed by atoms with Gasteiger partial charge >= 0.3 is 0 Å². The Bertz CT molecular complexity index is 832. The van der Waals surface area contributed by atoms with Crippen LogP contribution in [0.15, 0.2) is 54.7 Å². The van der Waals surface area contributed by atoms with E-state index in [1.54, 1.807) is 6.20 Å². The molecule has 2 aromatic carbocycles. The number of aromatic nitrogens is 3. The maximum absolute atomic E-state index is 5.90. The molecule has 1 heterocycles. The molecular weight excluding hydrogens is 346 g/mol. The fraction of sp³-hybridized carbons (Fsp3) is 0.250. The lowest BCUT2D eigenvalue weighted by Crippen LogP contribution is -2.08. The fourth-order valence-electron chi connectivity index (χ4n) is 2.51. The Balaban J connectivity index is 1.56. The number of nitrogens with one attached hydrogen (secondary N) is 2. The van der Waals surface area contributed by atoms with Gasteiger partial charge in [-0.3, -0.25) is 0 Å². The summed E-state index contributed by atoms with van der Waals surface area (Å²) in [7, 11) is 0. The number of hydrogen-bond acceptors (Lipinski definition) is 5. The lowest BCUT2D eigenvalue weighted by atomic mass is 10.0. The number of halogens is 1. The van der Waals surface area contributed by atoms with Gasteiger partial charge in [-0.05, 0) is 47.7 Å². The monoisotopic (exact) mass is 367 g/mol. The molecule has 5 nitrogen and oxygen atoms in total. The van der Waals surface area contributed by atoms with Crippen LogP contribution in [0.5, 0.6) is 0 Å². The molecule has 0 saturated carbocycles. The van der Waals surface area contributed by atoms with Crippen LogP contribution in [0, 0.1) is 0 Å². The molecule has 3 aromatic rings. The van der Waals surface area contributed by atoms with Crippen molar-refractivity contribution in [3.63, 3.8) is 0 Å². The first kappa shape index (κ1) is 18.1. The third-order valence-corrected chi connectivity index (χ3v) is 4.28. The van der Waals surface area contributed by atoms with Gasteiger partial charge in [-0.1, -0.05) is 49.7 Å². The summed E-state index contributed by atoms with van der Waals surface area (Å²) in [6.45, 7) is 5.10. The summed E-state index contributed by atoms with van der Waals surface area (Å²) in [5.74, 6) is 1.67. The molecule has 2 N–H and O–H groups in total. The minimum atomic E-state index is 0.471. The Labute approximate surface area is 158 Å². The van der Waals surface area contributed by atoms with Crippen molar-refractivity contribution in [2.24, 2.45) is 0 Å². The smallest absolute Gasteiger partial charge is 0.249 e. The zero-order valence-corrected chi connectivity index (χ0v) is 15.7. The lowest BCUT2D eigenvalue weighted by molar-refractivity contribution is 0.867. The number of rotatable bonds is 7. The van der Waals surface area contributed by atoms with E-state index in [0.29, 0.717) is 17.7 Å². The molecule has 0 aliphatic heterocycles. The third-order valence-electron chi connectivity index (χ3n) is 4.03. The van der Waals surface area contributed by atoms with Crippen LogP contribution in [0.1, 0.15) is 30.9 Å². The van der Waals surface area contributed by atoms with Gasteiger partial charge in [-0.15, -0.1) is 5.10 Å². The molecule has 6 heteroatoms. The van der Waals surface area contributed by atoms with Crippen LogP contribution in [-0.4, -0.2) is 21.7 Å². The van der Waals surface area contributed by atoms with Crippen molar-refractivity contribution in [2.45, 2.75) is 26.2 Å². The van der Waals surface area contributed by atoms with Gasteiger partial charge in [0.1, 0.15) is 0 Å². The molecule has 26 heavy (non-hydrogen) atoms. The zero-order chi connectivity index (χ0) is 18.4. The molecule has 0 unspecified atom stereocenters. The van der Waals surface area contributed by atoms with Crippen LogP contribution in [0.25, 0.3) is 0 Å². The highest BCUT2D eigenvalue weighted by atomic mass is 35.5. The van der Waals surface area contributed by atoms with Crippen LogP contribution in [0.3, 0.4) is 0 Å². The molecule has 0 spiro atoms. The fourth-order valence-corrected chi connectivity index (χ4v) is 2.63. The van der Waals surface area contributed by atoms with E-state index in [-0.39, 0.29) is 0 Å². The van der Waals surface area contributed by atoms with Gasteiger partial charge in [0.15, 0.2) is 5.82 Å². The van der Waals surface area contributed by atoms with Crippen molar-refractivity contribution in [1.29, 1.82) is 0 Å². The quantitative estimate of drug-likeness (QED) is 0.612. The van der Waals surface area contributed by atoms with Crippen LogP contribution in [0.2, 0.25) is 5.02 Å². The van der Waals surface area contributed by atoms with Crippen molar-refractivity contribution >= 4 is 29.1 Å². The first-order valence-corrected chi connectivity index (χ1v) is 9.03. The summed E-state index contributed by atoms with van der Waals surface area (Å²) < 4.78 is 0. The van der Waals surface area contributed by atoms with Gasteiger partial charge < -0.3 is 10.6 Å². The van der Waals surface area contributed by atoms with Crippen molar-refractivity contribution in [3.8, 4) is 0 Å². The molecule has 134 valence electrons. The second-order valence-electron chi connectivity index (χ2n) is 6.37. The van der Waals surface area contributed by atoms with Gasteiger partial charge in [0.25, 0.3) is 0 Å². The first-order valence-electron chi connectivity index (χ1n) is 8.65. The maximum Gasteiger partial charge on any atom is 0.249 e. The van der Waals surface area contributed by atoms with Crippen molar-refractivity contribution in [2.75, 3.05) is 17.2 Å². The molecule has 0 amide bonds. The van der Waals surface area contributed by atoms with Gasteiger partial charge in [0.05, 0.1) is 6.20 Å². The van der Waals surface area contributed by atoms with E-state index >= 15 is 0 Å². The Kier molecular flexibility index (Phi) is 6.02. The summed E-state index contributed by atoms with van der Waals surface area (Å²) in [5.41, 5.74) is 3.45. The Morgan fingerprint density at radius 1 is 1.00 bits per heavy atom. The van der Waals surface area contributed by atoms with E-state index in [1.807, 2.05) is 36.4 Å². The Morgan fingerprint density at radius 3 is 2.42 bits per heavy atom. The molecule has 0 saturated heterocycles. The second-order valence-corrected chi connectivity index (χ2v) is 6.81. The third kappa shape index (κ3) is 5.17. The maximum atomic E-state index is 5.90. The average Bonchev–Trinajstić information content (AvgIpc) is 2.64. The summed E-state index contributed by atoms with van der Waals surface area (Å²) in [6, 6.07) is 16.1. The van der Waals surface area contributed by atoms with Crippen LogP contribution < -0.4 is 10.6 Å². The highest BCUT2D eigenvalue weighted by molar-refractivity contribution is 6.30. The molecule has 3 rings (SSSR count). The van der Waals surface area contributed by atoms with E-state index in [2.05, 4.69) is 51.8 Å². The van der Waals surface area contributed by atoms with Crippen molar-refractivity contribution in [3.05, 3.63) is 70.9 Å². The Hall–Kier alpha value is -2.66. The topological polar surface area (TPSA) is 62.7 Å². The number of nitrogens with zero attached hydrogens (tertiary/aromatic N) is 3. The minimum Gasteiger partial charge on any atom is -0.368 e. The summed E-state index contributed by atoms with van der Waals surface area (Å²) in [6.07, 6.45) is 2.50. The van der Waals surface area contributed by atoms with E-state index in [4.69, 9.17) is 11.6 Å². The number of benzene rings is 2. The van der Waals surface area contributed by atoms with Crippen LogP contribution >= 0.6 is 11.6 Å². The average molecular weight is 368 g/mol. The second kappa shape index (κ2) is 8.63. The summed E-state index contributed by atoms with van der Waals surface area (Å²) in [4.78, 5) is 4.45. The summed E-state index contributed by atoms with van der Waals surface area (Å²) >= 11 is 5.90. The standard InChI is InChI=1S/C20H22ClN5/c1-14(2)16-5-9-18(10-6-16)24-20-25-19(13-23-26-20)22-12-11-15-3-7-17(21)8-4-15/h3-10,13-14H,11-12H2,1-2H3,(H2,22,24,25,26). The van der Waals surface area contributed by atoms with Crippen molar-refractivity contribution in [1.82, 2.24) is 15.2 Å². The van der Waals surface area contributed by atoms with Crippen molar-refractivity contribution < 1.29 is 0 Å². The van der Waals surface area contributed by atoms with Crippen LogP contribution in [0.4, 0.5) is 17.5 Å². The van der Waals surface area contributed by atoms with Gasteiger partial charge in [0, 0.05) is 17.3 Å². The molecule has 0 atom stereocenters. The van der Waals surface area contributed by atoms with Gasteiger partial charge in [0.2, 0.25) is 5.95 Å². The predicted molar refractivity (Wildman–Crippen MR) is 107 cm³/mol. The molecule has 0 aliphatic carbocycles. The van der Waals surface area contributed by atoms with Crippen LogP contribution in [-0.2, 0) is 6.42 Å². The predicted octanol–water partition coefficient (Wildman–Crippen LogP) is 5.05. The normalized spacial score (nSPS) is 10.8. The molecule has 0 fully saturated rings. The van der Waals surface area contributed by atoms with Gasteiger partial charge in [-0.2, -0.15) is 10.1 Å². The highest BCUT2D eigenvalue weighted by Crippen LogP contribution is 2.19. The molecule has 0 bridgehead atoms. The molecule has 0 radical (unpaired) electrons. The Morgan fingerprint density at radius 2 is 1.73 bits per heavy atom. The molecule has 1 aromatic heterocycles. The molecule has 0 aliphatic rings. The molecular formula is C20H22ClN5. The SMILES string of the molecule is CC(C)c1ccc(Nc2nncc(NCCc3ccc(Cl)cc3)n2)cc1. The first-order chi connectivity index (χ1) is 12.6. The van der Waals surface area contributed by atoms with E-state index in [9.17, 15) is 0 Å². The number of hydrogen-bond donors (Lipinski definition) is 2. The minimum absolute atomic E-state index is 0.471. The lowest BCUT2D eigenvalue weighted by Gasteiger charge is -2.09. The van der Waals surface area contributed by atoms with E-state index in [1.165, 1.54) is 11.1 Å². The summed E-state index contributed by atoms with van der Waals surface area (Å²) in [5, 5.41) is 15.3. The van der Waals surface area contributed by atoms with Gasteiger partial charge in [-0.25, -0.2) is 0 Å². The van der Waals surface area contributed by atoms with E-state index < -0.39 is 0 Å².